The summed E-state index contributed by atoms with van der Waals surface area (Å²) in [5.74, 6) is 6.57. The number of hydrogen-bond donors (Lipinski definition) is 2. The fourth-order valence-corrected chi connectivity index (χ4v) is 2.52. The number of nitrogens with two attached hydrogens (primary N) is 1. The zero-order valence-corrected chi connectivity index (χ0v) is 9.91. The summed E-state index contributed by atoms with van der Waals surface area (Å²) >= 11 is 1.32. The molecule has 0 saturated carbocycles. The van der Waals surface area contributed by atoms with Crippen molar-refractivity contribution in [3.8, 4) is 5.75 Å². The number of nitrogens with one attached hydrogen (secondary N) is 1. The van der Waals surface area contributed by atoms with Gasteiger partial charge in [-0.2, -0.15) is 0 Å². The molecule has 0 spiro atoms. The molecule has 6 heteroatoms. The van der Waals surface area contributed by atoms with Crippen LogP contribution in [0.5, 0.6) is 5.75 Å². The molecule has 0 bridgehead atoms. The lowest BCUT2D eigenvalue weighted by Gasteiger charge is -2.14. The molecule has 2 aromatic rings. The summed E-state index contributed by atoms with van der Waals surface area (Å²) in [6.45, 7) is 0.762. The standard InChI is InChI=1S/C11H12N4OS/c12-13-11(9-6-17-15-14-9)8-1-2-10-7(5-8)3-4-16-10/h1-2,5-6,11,13H,3-4,12H2. The van der Waals surface area contributed by atoms with Crippen molar-refractivity contribution in [3.05, 3.63) is 40.4 Å². The lowest BCUT2D eigenvalue weighted by atomic mass is 10.0. The molecule has 88 valence electrons. The number of benzene rings is 1. The third-order valence-corrected chi connectivity index (χ3v) is 3.41. The van der Waals surface area contributed by atoms with Crippen LogP contribution in [0.4, 0.5) is 0 Å². The molecule has 17 heavy (non-hydrogen) atoms. The third-order valence-electron chi connectivity index (χ3n) is 2.89. The second-order valence-electron chi connectivity index (χ2n) is 3.90. The highest BCUT2D eigenvalue weighted by molar-refractivity contribution is 7.03. The van der Waals surface area contributed by atoms with E-state index in [1.807, 2.05) is 17.5 Å². The van der Waals surface area contributed by atoms with Gasteiger partial charge in [0.1, 0.15) is 5.75 Å². The minimum absolute atomic E-state index is 0.111. The van der Waals surface area contributed by atoms with Gasteiger partial charge in [-0.3, -0.25) is 5.84 Å². The fourth-order valence-electron chi connectivity index (χ4n) is 2.04. The van der Waals surface area contributed by atoms with Crippen LogP contribution in [-0.4, -0.2) is 16.2 Å². The van der Waals surface area contributed by atoms with Gasteiger partial charge in [-0.25, -0.2) is 5.43 Å². The van der Waals surface area contributed by atoms with Crippen LogP contribution in [0.15, 0.2) is 23.6 Å². The molecule has 0 aliphatic carbocycles. The summed E-state index contributed by atoms with van der Waals surface area (Å²) in [4.78, 5) is 0. The average Bonchev–Trinajstić information content (AvgIpc) is 2.99. The molecule has 0 fully saturated rings. The van der Waals surface area contributed by atoms with E-state index >= 15 is 0 Å². The Bertz CT molecular complexity index is 514. The Morgan fingerprint density at radius 1 is 1.47 bits per heavy atom. The first-order valence-corrected chi connectivity index (χ1v) is 6.21. The zero-order chi connectivity index (χ0) is 11.7. The van der Waals surface area contributed by atoms with Crippen molar-refractivity contribution >= 4 is 11.5 Å². The Morgan fingerprint density at radius 3 is 3.18 bits per heavy atom. The molecule has 0 radical (unpaired) electrons. The first-order chi connectivity index (χ1) is 8.38. The lowest BCUT2D eigenvalue weighted by molar-refractivity contribution is 0.357. The minimum atomic E-state index is -0.111. The minimum Gasteiger partial charge on any atom is -0.493 e. The van der Waals surface area contributed by atoms with Gasteiger partial charge in [-0.05, 0) is 34.8 Å². The van der Waals surface area contributed by atoms with Gasteiger partial charge in [0.2, 0.25) is 0 Å². The van der Waals surface area contributed by atoms with Crippen LogP contribution in [0, 0.1) is 0 Å². The normalized spacial score (nSPS) is 15.4. The molecule has 1 unspecified atom stereocenters. The van der Waals surface area contributed by atoms with Gasteiger partial charge in [-0.1, -0.05) is 10.6 Å². The van der Waals surface area contributed by atoms with Crippen molar-refractivity contribution in [2.24, 2.45) is 5.84 Å². The quantitative estimate of drug-likeness (QED) is 0.627. The van der Waals surface area contributed by atoms with E-state index in [0.717, 1.165) is 30.0 Å². The number of hydrazine groups is 1. The number of ether oxygens (including phenoxy) is 1. The number of nitrogens with zero attached hydrogens (tertiary/aromatic N) is 2. The van der Waals surface area contributed by atoms with E-state index in [1.54, 1.807) is 0 Å². The number of fused-ring (bicyclic) bond motifs is 1. The maximum Gasteiger partial charge on any atom is 0.122 e. The third kappa shape index (κ3) is 1.90. The largest absolute Gasteiger partial charge is 0.493 e. The highest BCUT2D eigenvalue weighted by atomic mass is 32.1. The van der Waals surface area contributed by atoms with E-state index in [1.165, 1.54) is 17.1 Å². The van der Waals surface area contributed by atoms with Gasteiger partial charge in [0.15, 0.2) is 0 Å². The Hall–Kier alpha value is -1.50. The molecule has 3 N–H and O–H groups in total. The van der Waals surface area contributed by atoms with Crippen molar-refractivity contribution < 1.29 is 4.74 Å². The maximum absolute atomic E-state index is 5.60. The van der Waals surface area contributed by atoms with Gasteiger partial charge in [0.05, 0.1) is 18.3 Å². The van der Waals surface area contributed by atoms with E-state index < -0.39 is 0 Å². The number of hydrogen-bond acceptors (Lipinski definition) is 6. The Morgan fingerprint density at radius 2 is 2.41 bits per heavy atom. The van der Waals surface area contributed by atoms with E-state index in [9.17, 15) is 0 Å². The van der Waals surface area contributed by atoms with Gasteiger partial charge in [0.25, 0.3) is 0 Å². The summed E-state index contributed by atoms with van der Waals surface area (Å²) < 4.78 is 9.34. The molecule has 0 amide bonds. The molecule has 5 nitrogen and oxygen atoms in total. The number of aromatic nitrogens is 2. The molecule has 3 rings (SSSR count). The van der Waals surface area contributed by atoms with Crippen molar-refractivity contribution in [1.29, 1.82) is 0 Å². The SMILES string of the molecule is NNC(c1ccc2c(c1)CCO2)c1csnn1. The zero-order valence-electron chi connectivity index (χ0n) is 9.09. The summed E-state index contributed by atoms with van der Waals surface area (Å²) in [5, 5.41) is 5.95. The molecule has 1 aliphatic rings. The summed E-state index contributed by atoms with van der Waals surface area (Å²) in [7, 11) is 0. The van der Waals surface area contributed by atoms with Crippen molar-refractivity contribution in [2.45, 2.75) is 12.5 Å². The Balaban J connectivity index is 1.97. The van der Waals surface area contributed by atoms with E-state index in [0.29, 0.717) is 0 Å². The topological polar surface area (TPSA) is 73.1 Å². The molecule has 1 aromatic heterocycles. The van der Waals surface area contributed by atoms with Crippen LogP contribution in [0.2, 0.25) is 0 Å². The van der Waals surface area contributed by atoms with Gasteiger partial charge >= 0.3 is 0 Å². The first kappa shape index (κ1) is 10.6. The summed E-state index contributed by atoms with van der Waals surface area (Å²) in [6.07, 6.45) is 0.954. The van der Waals surface area contributed by atoms with Crippen LogP contribution in [0.1, 0.15) is 22.9 Å². The second kappa shape index (κ2) is 4.40. The lowest BCUT2D eigenvalue weighted by Crippen LogP contribution is -2.29. The van der Waals surface area contributed by atoms with Gasteiger partial charge in [-0.15, -0.1) is 5.10 Å². The van der Waals surface area contributed by atoms with E-state index in [2.05, 4.69) is 21.1 Å². The fraction of sp³-hybridized carbons (Fsp3) is 0.273. The van der Waals surface area contributed by atoms with Crippen molar-refractivity contribution in [2.75, 3.05) is 6.61 Å². The number of rotatable bonds is 3. The van der Waals surface area contributed by atoms with Crippen LogP contribution >= 0.6 is 11.5 Å². The highest BCUT2D eigenvalue weighted by Gasteiger charge is 2.19. The van der Waals surface area contributed by atoms with E-state index in [-0.39, 0.29) is 6.04 Å². The molecular formula is C11H12N4OS. The van der Waals surface area contributed by atoms with Crippen LogP contribution < -0.4 is 16.0 Å². The van der Waals surface area contributed by atoms with Crippen molar-refractivity contribution in [1.82, 2.24) is 15.0 Å². The van der Waals surface area contributed by atoms with Crippen LogP contribution in [-0.2, 0) is 6.42 Å². The molecular weight excluding hydrogens is 236 g/mol. The highest BCUT2D eigenvalue weighted by Crippen LogP contribution is 2.29. The Kier molecular flexibility index (Phi) is 2.76. The van der Waals surface area contributed by atoms with Crippen molar-refractivity contribution in [3.63, 3.8) is 0 Å². The summed E-state index contributed by atoms with van der Waals surface area (Å²) in [5.41, 5.74) is 5.93. The van der Waals surface area contributed by atoms with E-state index in [4.69, 9.17) is 10.6 Å². The molecule has 1 atom stereocenters. The Labute approximate surface area is 103 Å². The predicted molar refractivity (Wildman–Crippen MR) is 64.7 cm³/mol. The second-order valence-corrected chi connectivity index (χ2v) is 4.50. The smallest absolute Gasteiger partial charge is 0.122 e. The molecule has 1 aromatic carbocycles. The summed E-state index contributed by atoms with van der Waals surface area (Å²) in [6, 6.07) is 6.00. The average molecular weight is 248 g/mol. The van der Waals surface area contributed by atoms with Gasteiger partial charge < -0.3 is 4.74 Å². The molecule has 2 heterocycles. The predicted octanol–water partition coefficient (Wildman–Crippen LogP) is 1.03. The molecule has 0 saturated heterocycles. The van der Waals surface area contributed by atoms with Crippen LogP contribution in [0.3, 0.4) is 0 Å². The maximum atomic E-state index is 5.60. The van der Waals surface area contributed by atoms with Gasteiger partial charge in [0, 0.05) is 11.8 Å². The monoisotopic (exact) mass is 248 g/mol. The van der Waals surface area contributed by atoms with Crippen LogP contribution in [0.25, 0.3) is 0 Å². The molecule has 1 aliphatic heterocycles. The first-order valence-electron chi connectivity index (χ1n) is 5.37.